The molecule has 36 heavy (non-hydrogen) atoms. The van der Waals surface area contributed by atoms with Crippen molar-refractivity contribution in [2.45, 2.75) is 148 Å². The second-order valence-corrected chi connectivity index (χ2v) is 10.5. The Bertz CT molecular complexity index is 644. The molecule has 0 saturated carbocycles. The molecule has 210 valence electrons. The smallest absolute Gasteiger partial charge is 0.408 e. The number of carboxylic acid groups (broad SMARTS) is 2. The van der Waals surface area contributed by atoms with Gasteiger partial charge < -0.3 is 25.0 Å². The first kappa shape index (κ1) is 33.7. The molecule has 2 atom stereocenters. The summed E-state index contributed by atoms with van der Waals surface area (Å²) in [4.78, 5) is 47.1. The molecule has 1 unspecified atom stereocenters. The predicted octanol–water partition coefficient (Wildman–Crippen LogP) is 6.22. The molecule has 9 heteroatoms. The highest BCUT2D eigenvalue weighted by Crippen LogP contribution is 2.16. The highest BCUT2D eigenvalue weighted by molar-refractivity contribution is 5.82. The van der Waals surface area contributed by atoms with Gasteiger partial charge in [-0.1, -0.05) is 71.1 Å². The Kier molecular flexibility index (Phi) is 18.5. The van der Waals surface area contributed by atoms with Crippen LogP contribution in [-0.4, -0.2) is 52.0 Å². The molecule has 0 fully saturated rings. The van der Waals surface area contributed by atoms with E-state index >= 15 is 0 Å². The molecule has 0 aromatic heterocycles. The summed E-state index contributed by atoms with van der Waals surface area (Å²) in [6.45, 7) is 7.26. The third-order valence-electron chi connectivity index (χ3n) is 5.67. The Morgan fingerprint density at radius 2 is 1.28 bits per heavy atom. The lowest BCUT2D eigenvalue weighted by atomic mass is 10.0. The van der Waals surface area contributed by atoms with E-state index in [0.29, 0.717) is 6.42 Å². The van der Waals surface area contributed by atoms with Gasteiger partial charge in [0.05, 0.1) is 6.42 Å². The first-order valence-corrected chi connectivity index (χ1v) is 13.6. The minimum Gasteiger partial charge on any atom is -0.481 e. The maximum Gasteiger partial charge on any atom is 0.408 e. The van der Waals surface area contributed by atoms with Gasteiger partial charge >= 0.3 is 24.0 Å². The summed E-state index contributed by atoms with van der Waals surface area (Å²) in [5, 5.41) is 20.6. The van der Waals surface area contributed by atoms with Crippen LogP contribution in [0, 0.1) is 0 Å². The van der Waals surface area contributed by atoms with Crippen LogP contribution in [0.5, 0.6) is 0 Å². The van der Waals surface area contributed by atoms with Gasteiger partial charge in [-0.15, -0.1) is 0 Å². The molecular weight excluding hydrogens is 466 g/mol. The van der Waals surface area contributed by atoms with Crippen molar-refractivity contribution in [3.05, 3.63) is 0 Å². The van der Waals surface area contributed by atoms with Crippen molar-refractivity contribution in [2.75, 3.05) is 0 Å². The zero-order valence-corrected chi connectivity index (χ0v) is 22.8. The lowest BCUT2D eigenvalue weighted by molar-refractivity contribution is -0.156. The predicted molar refractivity (Wildman–Crippen MR) is 138 cm³/mol. The van der Waals surface area contributed by atoms with Crippen LogP contribution in [0.15, 0.2) is 0 Å². The van der Waals surface area contributed by atoms with Crippen LogP contribution in [-0.2, 0) is 23.9 Å². The topological polar surface area (TPSA) is 139 Å². The van der Waals surface area contributed by atoms with Crippen LogP contribution >= 0.6 is 0 Å². The summed E-state index contributed by atoms with van der Waals surface area (Å²) in [5.41, 5.74) is -0.777. The van der Waals surface area contributed by atoms with Gasteiger partial charge in [0.25, 0.3) is 0 Å². The number of ether oxygens (including phenoxy) is 2. The minimum atomic E-state index is -1.12. The van der Waals surface area contributed by atoms with E-state index in [9.17, 15) is 24.3 Å². The Labute approximate surface area is 216 Å². The molecule has 0 aromatic carbocycles. The van der Waals surface area contributed by atoms with Gasteiger partial charge in [-0.2, -0.15) is 0 Å². The lowest BCUT2D eigenvalue weighted by Gasteiger charge is -2.24. The van der Waals surface area contributed by atoms with E-state index in [0.717, 1.165) is 25.7 Å². The Balaban J connectivity index is 4.64. The van der Waals surface area contributed by atoms with Crippen molar-refractivity contribution >= 4 is 24.0 Å². The van der Waals surface area contributed by atoms with Gasteiger partial charge in [0.1, 0.15) is 17.7 Å². The van der Waals surface area contributed by atoms with Gasteiger partial charge in [0.15, 0.2) is 0 Å². The molecule has 0 aromatic rings. The number of carboxylic acids is 2. The highest BCUT2D eigenvalue weighted by Gasteiger charge is 2.28. The van der Waals surface area contributed by atoms with E-state index in [1.165, 1.54) is 44.9 Å². The number of carbonyl (C=O) groups is 4. The zero-order valence-electron chi connectivity index (χ0n) is 22.8. The summed E-state index contributed by atoms with van der Waals surface area (Å²) in [6, 6.07) is -1.12. The van der Waals surface area contributed by atoms with Crippen molar-refractivity contribution in [1.29, 1.82) is 0 Å². The average molecular weight is 516 g/mol. The van der Waals surface area contributed by atoms with Crippen LogP contribution in [0.4, 0.5) is 4.79 Å². The number of nitrogens with one attached hydrogen (secondary N) is 1. The summed E-state index contributed by atoms with van der Waals surface area (Å²) >= 11 is 0. The fraction of sp³-hybridized carbons (Fsp3) is 0.852. The van der Waals surface area contributed by atoms with Crippen molar-refractivity contribution in [3.8, 4) is 0 Å². The van der Waals surface area contributed by atoms with E-state index in [4.69, 9.17) is 14.6 Å². The molecule has 0 radical (unpaired) electrons. The number of rotatable bonds is 21. The van der Waals surface area contributed by atoms with Gasteiger partial charge in [-0.3, -0.25) is 9.59 Å². The Morgan fingerprint density at radius 3 is 1.75 bits per heavy atom. The molecule has 0 aliphatic heterocycles. The number of unbranched alkanes of at least 4 members (excludes halogenated alkanes) is 10. The molecule has 1 amide bonds. The van der Waals surface area contributed by atoms with Crippen molar-refractivity contribution in [2.24, 2.45) is 0 Å². The first-order valence-electron chi connectivity index (χ1n) is 13.6. The molecular formula is C27H49NO8. The number of amides is 1. The summed E-state index contributed by atoms with van der Waals surface area (Å²) in [7, 11) is 0. The maximum atomic E-state index is 12.8. The summed E-state index contributed by atoms with van der Waals surface area (Å²) in [6.07, 6.45) is 11.3. The second kappa shape index (κ2) is 19.8. The quantitative estimate of drug-likeness (QED) is 0.121. The van der Waals surface area contributed by atoms with E-state index in [1.54, 1.807) is 20.8 Å². The van der Waals surface area contributed by atoms with E-state index < -0.39 is 41.7 Å². The summed E-state index contributed by atoms with van der Waals surface area (Å²) in [5.74, 6) is -2.86. The standard InChI is InChI=1S/C27H49NO8/c1-5-6-7-8-9-10-11-12-13-14-15-17-21(20-24(31)32)35-25(33)22(18-16-19-23(29)30)28-26(34)36-27(2,3)4/h21-22H,5-20H2,1-4H3,(H,28,34)(H,29,30)(H,31,32)/t21?,22-/m0/s1. The lowest BCUT2D eigenvalue weighted by Crippen LogP contribution is -2.45. The highest BCUT2D eigenvalue weighted by atomic mass is 16.6. The monoisotopic (exact) mass is 515 g/mol. The third-order valence-corrected chi connectivity index (χ3v) is 5.67. The van der Waals surface area contributed by atoms with Gasteiger partial charge in [0, 0.05) is 6.42 Å². The van der Waals surface area contributed by atoms with Gasteiger partial charge in [0.2, 0.25) is 0 Å². The van der Waals surface area contributed by atoms with Gasteiger partial charge in [-0.05, 0) is 46.5 Å². The number of hydrogen-bond acceptors (Lipinski definition) is 6. The SMILES string of the molecule is CCCCCCCCCCCCCC(CC(=O)O)OC(=O)[C@H](CCCC(=O)O)NC(=O)OC(C)(C)C. The molecule has 9 nitrogen and oxygen atoms in total. The molecule has 0 spiro atoms. The molecule has 0 heterocycles. The fourth-order valence-electron chi connectivity index (χ4n) is 3.84. The molecule has 0 aliphatic carbocycles. The second-order valence-electron chi connectivity index (χ2n) is 10.5. The molecule has 0 saturated heterocycles. The van der Waals surface area contributed by atoms with Crippen LogP contribution in [0.2, 0.25) is 0 Å². The normalized spacial score (nSPS) is 13.0. The Hall–Kier alpha value is -2.32. The molecule has 0 aliphatic rings. The Morgan fingerprint density at radius 1 is 0.750 bits per heavy atom. The number of hydrogen-bond donors (Lipinski definition) is 3. The van der Waals surface area contributed by atoms with Crippen molar-refractivity contribution < 1.29 is 38.9 Å². The van der Waals surface area contributed by atoms with Gasteiger partial charge in [-0.25, -0.2) is 9.59 Å². The molecule has 3 N–H and O–H groups in total. The molecule has 0 bridgehead atoms. The third kappa shape index (κ3) is 21.0. The van der Waals surface area contributed by atoms with E-state index in [2.05, 4.69) is 12.2 Å². The summed E-state index contributed by atoms with van der Waals surface area (Å²) < 4.78 is 10.7. The van der Waals surface area contributed by atoms with E-state index in [-0.39, 0.29) is 25.7 Å². The first-order chi connectivity index (χ1) is 16.9. The average Bonchev–Trinajstić information content (AvgIpc) is 2.74. The maximum absolute atomic E-state index is 12.8. The van der Waals surface area contributed by atoms with Crippen molar-refractivity contribution in [3.63, 3.8) is 0 Å². The minimum absolute atomic E-state index is 0.0443. The van der Waals surface area contributed by atoms with Crippen LogP contribution < -0.4 is 5.32 Å². The largest absolute Gasteiger partial charge is 0.481 e. The van der Waals surface area contributed by atoms with Crippen LogP contribution in [0.1, 0.15) is 130 Å². The van der Waals surface area contributed by atoms with Crippen LogP contribution in [0.3, 0.4) is 0 Å². The van der Waals surface area contributed by atoms with Crippen molar-refractivity contribution in [1.82, 2.24) is 5.32 Å². The number of carbonyl (C=O) groups excluding carboxylic acids is 2. The number of esters is 1. The van der Waals surface area contributed by atoms with Crippen LogP contribution in [0.25, 0.3) is 0 Å². The van der Waals surface area contributed by atoms with E-state index in [1.807, 2.05) is 0 Å². The zero-order chi connectivity index (χ0) is 27.4. The number of aliphatic carboxylic acids is 2. The molecule has 0 rings (SSSR count). The number of alkyl carbamates (subject to hydrolysis) is 1. The fourth-order valence-corrected chi connectivity index (χ4v) is 3.84.